The van der Waals surface area contributed by atoms with Crippen molar-refractivity contribution in [2.45, 2.75) is 13.8 Å². The van der Waals surface area contributed by atoms with Crippen molar-refractivity contribution in [1.29, 1.82) is 0 Å². The van der Waals surface area contributed by atoms with E-state index in [2.05, 4.69) is 26.5 Å². The minimum absolute atomic E-state index is 0.289. The molecule has 1 aromatic heterocycles. The fourth-order valence-electron chi connectivity index (χ4n) is 1.67. The van der Waals surface area contributed by atoms with Crippen LogP contribution in [0.15, 0.2) is 34.9 Å². The Bertz CT molecular complexity index is 578. The summed E-state index contributed by atoms with van der Waals surface area (Å²) in [7, 11) is 0. The lowest BCUT2D eigenvalue weighted by molar-refractivity contribution is 0.0364. The van der Waals surface area contributed by atoms with Crippen LogP contribution in [0.1, 0.15) is 23.0 Å². The number of rotatable bonds is 4. The normalized spacial score (nSPS) is 10.5. The molecule has 0 aliphatic heterocycles. The second kappa shape index (κ2) is 5.99. The van der Waals surface area contributed by atoms with E-state index >= 15 is 0 Å². The highest BCUT2D eigenvalue weighted by molar-refractivity contribution is 9.10. The van der Waals surface area contributed by atoms with E-state index in [1.54, 1.807) is 11.6 Å². The molecule has 0 aliphatic rings. The molecular formula is C13H14BrN3O2. The van der Waals surface area contributed by atoms with Crippen LogP contribution >= 0.6 is 15.9 Å². The van der Waals surface area contributed by atoms with Gasteiger partial charge in [0, 0.05) is 4.47 Å². The average Bonchev–Trinajstić information content (AvgIpc) is 2.79. The zero-order chi connectivity index (χ0) is 13.8. The van der Waals surface area contributed by atoms with Crippen LogP contribution in [0.5, 0.6) is 0 Å². The van der Waals surface area contributed by atoms with Gasteiger partial charge in [-0.2, -0.15) is 5.10 Å². The highest BCUT2D eigenvalue weighted by Crippen LogP contribution is 2.17. The fraction of sp³-hybridized carbons (Fsp3) is 0.231. The molecule has 2 rings (SSSR count). The lowest BCUT2D eigenvalue weighted by atomic mass is 10.2. The molecule has 0 aliphatic carbocycles. The molecule has 1 heterocycles. The molecule has 0 unspecified atom stereocenters. The highest BCUT2D eigenvalue weighted by atomic mass is 79.9. The maximum atomic E-state index is 11.8. The van der Waals surface area contributed by atoms with Crippen LogP contribution in [0.25, 0.3) is 5.69 Å². The van der Waals surface area contributed by atoms with E-state index in [1.807, 2.05) is 31.2 Å². The molecule has 19 heavy (non-hydrogen) atoms. The number of nitrogens with one attached hydrogen (secondary N) is 1. The van der Waals surface area contributed by atoms with E-state index in [-0.39, 0.29) is 5.91 Å². The van der Waals surface area contributed by atoms with Crippen molar-refractivity contribution in [3.05, 3.63) is 46.2 Å². The minimum Gasteiger partial charge on any atom is -0.274 e. The molecule has 0 saturated heterocycles. The summed E-state index contributed by atoms with van der Waals surface area (Å²) in [4.78, 5) is 16.7. The molecule has 0 spiro atoms. The minimum atomic E-state index is -0.289. The van der Waals surface area contributed by atoms with Crippen molar-refractivity contribution in [1.82, 2.24) is 15.3 Å². The Morgan fingerprint density at radius 2 is 2.11 bits per heavy atom. The maximum Gasteiger partial charge on any atom is 0.278 e. The number of amides is 1. The second-order valence-corrected chi connectivity index (χ2v) is 4.81. The molecule has 0 bridgehead atoms. The van der Waals surface area contributed by atoms with Crippen molar-refractivity contribution >= 4 is 21.8 Å². The second-order valence-electron chi connectivity index (χ2n) is 3.90. The number of carbonyl (C=O) groups is 1. The van der Waals surface area contributed by atoms with E-state index in [4.69, 9.17) is 4.84 Å². The fourth-order valence-corrected chi connectivity index (χ4v) is 1.93. The summed E-state index contributed by atoms with van der Waals surface area (Å²) in [6.07, 6.45) is 1.53. The van der Waals surface area contributed by atoms with Gasteiger partial charge in [-0.25, -0.2) is 10.2 Å². The molecule has 1 aromatic carbocycles. The first-order chi connectivity index (χ1) is 9.13. The van der Waals surface area contributed by atoms with Gasteiger partial charge in [0.05, 0.1) is 29.7 Å². The number of hydrogen-bond acceptors (Lipinski definition) is 3. The van der Waals surface area contributed by atoms with Gasteiger partial charge in [-0.1, -0.05) is 15.9 Å². The number of aromatic nitrogens is 2. The van der Waals surface area contributed by atoms with Crippen LogP contribution in [0, 0.1) is 6.92 Å². The van der Waals surface area contributed by atoms with E-state index in [0.29, 0.717) is 12.2 Å². The summed E-state index contributed by atoms with van der Waals surface area (Å²) in [6, 6.07) is 7.70. The third-order valence-electron chi connectivity index (χ3n) is 2.63. The third kappa shape index (κ3) is 3.02. The van der Waals surface area contributed by atoms with E-state index in [1.165, 1.54) is 6.20 Å². The molecule has 0 atom stereocenters. The number of benzene rings is 1. The van der Waals surface area contributed by atoms with Crippen molar-refractivity contribution in [3.8, 4) is 5.69 Å². The van der Waals surface area contributed by atoms with Gasteiger partial charge in [0.25, 0.3) is 5.91 Å². The lowest BCUT2D eigenvalue weighted by Gasteiger charge is -2.06. The van der Waals surface area contributed by atoms with Gasteiger partial charge in [0.1, 0.15) is 0 Å². The maximum absolute atomic E-state index is 11.8. The van der Waals surface area contributed by atoms with Crippen molar-refractivity contribution in [2.24, 2.45) is 0 Å². The molecule has 6 heteroatoms. The van der Waals surface area contributed by atoms with Crippen molar-refractivity contribution in [3.63, 3.8) is 0 Å². The summed E-state index contributed by atoms with van der Waals surface area (Å²) in [5.41, 5.74) is 4.52. The summed E-state index contributed by atoms with van der Waals surface area (Å²) >= 11 is 3.38. The van der Waals surface area contributed by atoms with Gasteiger partial charge in [-0.15, -0.1) is 0 Å². The smallest absolute Gasteiger partial charge is 0.274 e. The molecule has 1 N–H and O–H groups in total. The predicted molar refractivity (Wildman–Crippen MR) is 75.1 cm³/mol. The Morgan fingerprint density at radius 3 is 2.74 bits per heavy atom. The zero-order valence-electron chi connectivity index (χ0n) is 10.7. The Balaban J connectivity index is 2.27. The number of halogens is 1. The summed E-state index contributed by atoms with van der Waals surface area (Å²) in [5, 5.41) is 4.23. The number of carbonyl (C=O) groups excluding carboxylic acids is 1. The van der Waals surface area contributed by atoms with Gasteiger partial charge in [-0.3, -0.25) is 9.63 Å². The molecule has 0 fully saturated rings. The summed E-state index contributed by atoms with van der Waals surface area (Å²) < 4.78 is 2.71. The molecule has 1 amide bonds. The first-order valence-electron chi connectivity index (χ1n) is 5.86. The molecule has 0 saturated carbocycles. The zero-order valence-corrected chi connectivity index (χ0v) is 12.3. The first kappa shape index (κ1) is 13.8. The molecule has 5 nitrogen and oxygen atoms in total. The van der Waals surface area contributed by atoms with Gasteiger partial charge in [0.2, 0.25) is 0 Å². The Labute approximate surface area is 119 Å². The Kier molecular flexibility index (Phi) is 4.34. The van der Waals surface area contributed by atoms with Crippen LogP contribution in [-0.4, -0.2) is 22.3 Å². The van der Waals surface area contributed by atoms with Crippen LogP contribution < -0.4 is 5.48 Å². The van der Waals surface area contributed by atoms with Crippen molar-refractivity contribution < 1.29 is 9.63 Å². The van der Waals surface area contributed by atoms with Crippen LogP contribution in [0.3, 0.4) is 0 Å². The summed E-state index contributed by atoms with van der Waals surface area (Å²) in [6.45, 7) is 4.07. The average molecular weight is 324 g/mol. The van der Waals surface area contributed by atoms with Crippen LogP contribution in [0.4, 0.5) is 0 Å². The topological polar surface area (TPSA) is 56.1 Å². The van der Waals surface area contributed by atoms with Crippen LogP contribution in [0.2, 0.25) is 0 Å². The Hall–Kier alpha value is -1.66. The summed E-state index contributed by atoms with van der Waals surface area (Å²) in [5.74, 6) is -0.289. The highest BCUT2D eigenvalue weighted by Gasteiger charge is 2.14. The SMILES string of the molecule is CCONC(=O)c1cnn(-c2ccc(Br)cc2)c1C. The molecule has 100 valence electrons. The number of hydrogen-bond donors (Lipinski definition) is 1. The van der Waals surface area contributed by atoms with Gasteiger partial charge in [0.15, 0.2) is 0 Å². The number of hydroxylamine groups is 1. The molecular weight excluding hydrogens is 310 g/mol. The van der Waals surface area contributed by atoms with E-state index < -0.39 is 0 Å². The Morgan fingerprint density at radius 1 is 1.42 bits per heavy atom. The first-order valence-corrected chi connectivity index (χ1v) is 6.65. The van der Waals surface area contributed by atoms with Gasteiger partial charge >= 0.3 is 0 Å². The lowest BCUT2D eigenvalue weighted by Crippen LogP contribution is -2.24. The van der Waals surface area contributed by atoms with Crippen molar-refractivity contribution in [2.75, 3.05) is 6.61 Å². The largest absolute Gasteiger partial charge is 0.278 e. The van der Waals surface area contributed by atoms with Gasteiger partial charge < -0.3 is 0 Å². The third-order valence-corrected chi connectivity index (χ3v) is 3.16. The standard InChI is InChI=1S/C13H14BrN3O2/c1-3-19-16-13(18)12-8-15-17(9(12)2)11-6-4-10(14)5-7-11/h4-8H,3H2,1-2H3,(H,16,18). The van der Waals surface area contributed by atoms with Gasteiger partial charge in [-0.05, 0) is 38.1 Å². The predicted octanol–water partition coefficient (Wildman–Crippen LogP) is 2.62. The molecule has 2 aromatic rings. The van der Waals surface area contributed by atoms with E-state index in [0.717, 1.165) is 15.9 Å². The quantitative estimate of drug-likeness (QED) is 0.880. The molecule has 0 radical (unpaired) electrons. The van der Waals surface area contributed by atoms with Crippen LogP contribution in [-0.2, 0) is 4.84 Å². The number of nitrogens with zero attached hydrogens (tertiary/aromatic N) is 2. The monoisotopic (exact) mass is 323 g/mol. The van der Waals surface area contributed by atoms with E-state index in [9.17, 15) is 4.79 Å².